The lowest BCUT2D eigenvalue weighted by molar-refractivity contribution is -0.119. The molecule has 7 nitrogen and oxygen atoms in total. The molecule has 2 aromatic heterocycles. The van der Waals surface area contributed by atoms with E-state index in [1.165, 1.54) is 28.4 Å². The fraction of sp³-hybridized carbons (Fsp3) is 0.200. The van der Waals surface area contributed by atoms with Gasteiger partial charge in [0.1, 0.15) is 0 Å². The second-order valence-electron chi connectivity index (χ2n) is 5.02. The zero-order valence-electron chi connectivity index (χ0n) is 12.6. The minimum absolute atomic E-state index is 0.302. The first kappa shape index (κ1) is 15.2. The lowest BCUT2D eigenvalue weighted by Gasteiger charge is -2.02. The smallest absolute Gasteiger partial charge is 0.341 e. The van der Waals surface area contributed by atoms with Gasteiger partial charge in [-0.3, -0.25) is 14.8 Å². The molecule has 1 N–H and O–H groups in total. The van der Waals surface area contributed by atoms with Gasteiger partial charge in [0.2, 0.25) is 0 Å². The highest BCUT2D eigenvalue weighted by molar-refractivity contribution is 7.22. The number of aryl methyl sites for hydroxylation is 2. The Morgan fingerprint density at radius 3 is 2.96 bits per heavy atom. The summed E-state index contributed by atoms with van der Waals surface area (Å²) in [4.78, 5) is 27.9. The summed E-state index contributed by atoms with van der Waals surface area (Å²) < 4.78 is 7.42. The van der Waals surface area contributed by atoms with Gasteiger partial charge in [-0.1, -0.05) is 17.4 Å². The van der Waals surface area contributed by atoms with Crippen molar-refractivity contribution in [2.24, 2.45) is 7.05 Å². The highest BCUT2D eigenvalue weighted by Gasteiger charge is 2.13. The van der Waals surface area contributed by atoms with Gasteiger partial charge in [0, 0.05) is 13.2 Å². The van der Waals surface area contributed by atoms with Gasteiger partial charge in [0.05, 0.1) is 22.0 Å². The van der Waals surface area contributed by atoms with Crippen LogP contribution in [0.25, 0.3) is 10.2 Å². The molecule has 0 spiro atoms. The fourth-order valence-corrected chi connectivity index (χ4v) is 2.96. The van der Waals surface area contributed by atoms with Crippen LogP contribution in [0.4, 0.5) is 5.13 Å². The van der Waals surface area contributed by atoms with Crippen LogP contribution < -0.4 is 5.32 Å². The van der Waals surface area contributed by atoms with E-state index in [-0.39, 0.29) is 6.61 Å². The Hall–Kier alpha value is -2.74. The largest absolute Gasteiger partial charge is 0.452 e. The lowest BCUT2D eigenvalue weighted by atomic mass is 10.2. The summed E-state index contributed by atoms with van der Waals surface area (Å²) in [5.41, 5.74) is 2.25. The second kappa shape index (κ2) is 6.17. The molecule has 0 bridgehead atoms. The summed E-state index contributed by atoms with van der Waals surface area (Å²) in [5, 5.41) is 6.98. The molecule has 0 saturated heterocycles. The molecule has 0 atom stereocenters. The van der Waals surface area contributed by atoms with Crippen molar-refractivity contribution in [3.8, 4) is 0 Å². The number of benzene rings is 1. The van der Waals surface area contributed by atoms with E-state index in [1.807, 2.05) is 25.1 Å². The van der Waals surface area contributed by atoms with Gasteiger partial charge in [-0.15, -0.1) is 0 Å². The van der Waals surface area contributed by atoms with Gasteiger partial charge in [0.25, 0.3) is 5.91 Å². The minimum Gasteiger partial charge on any atom is -0.452 e. The number of carbonyl (C=O) groups is 2. The van der Waals surface area contributed by atoms with E-state index in [4.69, 9.17) is 4.74 Å². The molecule has 118 valence electrons. The number of ether oxygens (including phenoxy) is 1. The van der Waals surface area contributed by atoms with E-state index in [0.717, 1.165) is 15.8 Å². The molecule has 1 amide bonds. The molecule has 0 aliphatic heterocycles. The molecule has 0 saturated carbocycles. The van der Waals surface area contributed by atoms with Crippen LogP contribution in [-0.2, 0) is 16.6 Å². The van der Waals surface area contributed by atoms with Crippen LogP contribution in [0.5, 0.6) is 0 Å². The normalized spacial score (nSPS) is 10.7. The quantitative estimate of drug-likeness (QED) is 0.741. The average Bonchev–Trinajstić information content (AvgIpc) is 3.10. The molecule has 0 aliphatic carbocycles. The van der Waals surface area contributed by atoms with Crippen LogP contribution in [0.15, 0.2) is 30.6 Å². The second-order valence-corrected chi connectivity index (χ2v) is 6.05. The molecule has 0 aliphatic rings. The SMILES string of the molecule is Cc1ccc2nc(NC(=O)COC(=O)c3cnn(C)c3)sc2c1. The van der Waals surface area contributed by atoms with Gasteiger partial charge in [-0.25, -0.2) is 9.78 Å². The van der Waals surface area contributed by atoms with Crippen molar-refractivity contribution in [2.45, 2.75) is 6.92 Å². The number of hydrogen-bond acceptors (Lipinski definition) is 6. The number of aromatic nitrogens is 3. The highest BCUT2D eigenvalue weighted by Crippen LogP contribution is 2.26. The van der Waals surface area contributed by atoms with E-state index in [2.05, 4.69) is 15.4 Å². The van der Waals surface area contributed by atoms with E-state index in [9.17, 15) is 9.59 Å². The van der Waals surface area contributed by atoms with Crippen LogP contribution in [-0.4, -0.2) is 33.2 Å². The summed E-state index contributed by atoms with van der Waals surface area (Å²) in [6, 6.07) is 5.87. The maximum absolute atomic E-state index is 11.9. The molecule has 3 aromatic rings. The number of amides is 1. The van der Waals surface area contributed by atoms with Crippen LogP contribution in [0.1, 0.15) is 15.9 Å². The van der Waals surface area contributed by atoms with Gasteiger partial charge in [-0.05, 0) is 24.6 Å². The van der Waals surface area contributed by atoms with Crippen molar-refractivity contribution in [2.75, 3.05) is 11.9 Å². The molecular weight excluding hydrogens is 316 g/mol. The van der Waals surface area contributed by atoms with Crippen LogP contribution >= 0.6 is 11.3 Å². The number of anilines is 1. The number of carbonyl (C=O) groups excluding carboxylic acids is 2. The number of nitrogens with zero attached hydrogens (tertiary/aromatic N) is 3. The molecule has 0 fully saturated rings. The van der Waals surface area contributed by atoms with Crippen molar-refractivity contribution >= 4 is 38.6 Å². The Morgan fingerprint density at radius 1 is 1.39 bits per heavy atom. The first-order valence-corrected chi connectivity index (χ1v) is 7.66. The predicted octanol–water partition coefficient (Wildman–Crippen LogP) is 2.13. The Kier molecular flexibility index (Phi) is 4.07. The van der Waals surface area contributed by atoms with Gasteiger partial charge < -0.3 is 4.74 Å². The summed E-state index contributed by atoms with van der Waals surface area (Å²) in [7, 11) is 1.69. The number of thiazole rings is 1. The van der Waals surface area contributed by atoms with Gasteiger partial charge in [-0.2, -0.15) is 5.10 Å². The Balaban J connectivity index is 1.59. The highest BCUT2D eigenvalue weighted by atomic mass is 32.1. The van der Waals surface area contributed by atoms with E-state index in [1.54, 1.807) is 7.05 Å². The molecule has 3 rings (SSSR count). The summed E-state index contributed by atoms with van der Waals surface area (Å²) in [6.07, 6.45) is 2.91. The third kappa shape index (κ3) is 3.54. The number of nitrogens with one attached hydrogen (secondary N) is 1. The predicted molar refractivity (Wildman–Crippen MR) is 86.5 cm³/mol. The van der Waals surface area contributed by atoms with Crippen molar-refractivity contribution in [3.05, 3.63) is 41.7 Å². The maximum Gasteiger partial charge on any atom is 0.341 e. The van der Waals surface area contributed by atoms with Crippen LogP contribution in [0, 0.1) is 6.92 Å². The van der Waals surface area contributed by atoms with Crippen LogP contribution in [0.2, 0.25) is 0 Å². The average molecular weight is 330 g/mol. The van der Waals surface area contributed by atoms with Crippen molar-refractivity contribution in [1.82, 2.24) is 14.8 Å². The van der Waals surface area contributed by atoms with Gasteiger partial charge in [0.15, 0.2) is 11.7 Å². The van der Waals surface area contributed by atoms with Crippen LogP contribution in [0.3, 0.4) is 0 Å². The zero-order valence-corrected chi connectivity index (χ0v) is 13.4. The molecular formula is C15H14N4O3S. The Morgan fingerprint density at radius 2 is 2.22 bits per heavy atom. The Labute approximate surface area is 135 Å². The minimum atomic E-state index is -0.590. The van der Waals surface area contributed by atoms with Crippen molar-refractivity contribution < 1.29 is 14.3 Å². The van der Waals surface area contributed by atoms with E-state index < -0.39 is 11.9 Å². The fourth-order valence-electron chi connectivity index (χ4n) is 1.98. The zero-order chi connectivity index (χ0) is 16.4. The van der Waals surface area contributed by atoms with E-state index in [0.29, 0.717) is 10.7 Å². The van der Waals surface area contributed by atoms with Crippen molar-refractivity contribution in [3.63, 3.8) is 0 Å². The summed E-state index contributed by atoms with van der Waals surface area (Å²) in [5.74, 6) is -1.02. The molecule has 2 heterocycles. The first-order valence-electron chi connectivity index (χ1n) is 6.84. The third-order valence-electron chi connectivity index (χ3n) is 3.07. The molecule has 0 unspecified atom stereocenters. The summed E-state index contributed by atoms with van der Waals surface area (Å²) >= 11 is 1.38. The number of fused-ring (bicyclic) bond motifs is 1. The van der Waals surface area contributed by atoms with Crippen molar-refractivity contribution in [1.29, 1.82) is 0 Å². The number of hydrogen-bond donors (Lipinski definition) is 1. The standard InChI is InChI=1S/C15H14N4O3S/c1-9-3-4-11-12(5-9)23-15(17-11)18-13(20)8-22-14(21)10-6-16-19(2)7-10/h3-7H,8H2,1-2H3,(H,17,18,20). The number of rotatable bonds is 4. The molecule has 8 heteroatoms. The first-order chi connectivity index (χ1) is 11.0. The van der Waals surface area contributed by atoms with E-state index >= 15 is 0 Å². The summed E-state index contributed by atoms with van der Waals surface area (Å²) in [6.45, 7) is 1.62. The Bertz CT molecular complexity index is 884. The molecule has 0 radical (unpaired) electrons. The molecule has 1 aromatic carbocycles. The molecule has 23 heavy (non-hydrogen) atoms. The number of esters is 1. The maximum atomic E-state index is 11.9. The van der Waals surface area contributed by atoms with Gasteiger partial charge >= 0.3 is 5.97 Å². The lowest BCUT2D eigenvalue weighted by Crippen LogP contribution is -2.20. The monoisotopic (exact) mass is 330 g/mol. The third-order valence-corrected chi connectivity index (χ3v) is 4.00. The topological polar surface area (TPSA) is 86.1 Å².